The Labute approximate surface area is 113 Å². The average Bonchev–Trinajstić information content (AvgIpc) is 2.42. The van der Waals surface area contributed by atoms with Crippen molar-refractivity contribution < 1.29 is 19.4 Å². The molecule has 0 atom stereocenters. The number of ether oxygens (including phenoxy) is 1. The number of unbranched alkanes of at least 4 members (excludes halogenated alkanes) is 3. The minimum Gasteiger partial charge on any atom is -0.497 e. The molecule has 19 heavy (non-hydrogen) atoms. The number of Topliss-reactive ketones (excluding diaryl/α,β-unsaturated/α-hetero) is 1. The van der Waals surface area contributed by atoms with Gasteiger partial charge in [0.25, 0.3) is 0 Å². The molecule has 0 aliphatic rings. The van der Waals surface area contributed by atoms with E-state index in [1.807, 2.05) is 24.3 Å². The Morgan fingerprint density at radius 3 is 2.26 bits per heavy atom. The van der Waals surface area contributed by atoms with E-state index in [1.54, 1.807) is 7.11 Å². The van der Waals surface area contributed by atoms with Crippen molar-refractivity contribution in [2.75, 3.05) is 7.11 Å². The molecule has 0 aromatic heterocycles. The predicted octanol–water partition coefficient (Wildman–Crippen LogP) is 2.84. The van der Waals surface area contributed by atoms with E-state index < -0.39 is 11.8 Å². The number of carboxylic acids is 1. The maximum absolute atomic E-state index is 10.8. The van der Waals surface area contributed by atoms with Crippen LogP contribution in [0.5, 0.6) is 5.75 Å². The molecule has 0 fully saturated rings. The van der Waals surface area contributed by atoms with Gasteiger partial charge in [-0.25, -0.2) is 4.79 Å². The number of benzene rings is 1. The Kier molecular flexibility index (Phi) is 6.64. The van der Waals surface area contributed by atoms with Crippen LogP contribution in [0.1, 0.15) is 37.7 Å². The number of aryl methyl sites for hydroxylation is 1. The highest BCUT2D eigenvalue weighted by molar-refractivity contribution is 6.32. The van der Waals surface area contributed by atoms with Crippen LogP contribution in [-0.4, -0.2) is 24.0 Å². The summed E-state index contributed by atoms with van der Waals surface area (Å²) in [6.45, 7) is 0. The molecule has 104 valence electrons. The number of aliphatic carboxylic acids is 1. The zero-order valence-corrected chi connectivity index (χ0v) is 11.2. The molecule has 0 heterocycles. The van der Waals surface area contributed by atoms with Crippen molar-refractivity contribution in [1.82, 2.24) is 0 Å². The molecule has 0 unspecified atom stereocenters. The Bertz CT molecular complexity index is 409. The van der Waals surface area contributed by atoms with E-state index >= 15 is 0 Å². The zero-order chi connectivity index (χ0) is 14.1. The number of hydrogen-bond acceptors (Lipinski definition) is 3. The second kappa shape index (κ2) is 8.29. The molecular formula is C15H20O4. The van der Waals surface area contributed by atoms with Crippen LogP contribution in [0.25, 0.3) is 0 Å². The number of rotatable bonds is 9. The summed E-state index contributed by atoms with van der Waals surface area (Å²) in [5.41, 5.74) is 1.27. The Morgan fingerprint density at radius 2 is 1.68 bits per heavy atom. The minimum absolute atomic E-state index is 0.151. The number of methoxy groups -OCH3 is 1. The standard InChI is InChI=1S/C15H20O4/c1-19-13-10-8-12(9-11-13)6-4-2-3-5-7-14(16)15(17)18/h8-11H,2-7H2,1H3,(H,17,18). The van der Waals surface area contributed by atoms with Crippen molar-refractivity contribution in [2.45, 2.75) is 38.5 Å². The largest absolute Gasteiger partial charge is 0.497 e. The van der Waals surface area contributed by atoms with Gasteiger partial charge in [0.1, 0.15) is 5.75 Å². The van der Waals surface area contributed by atoms with E-state index in [0.717, 1.165) is 31.4 Å². The molecule has 1 aromatic carbocycles. The molecule has 0 spiro atoms. The van der Waals surface area contributed by atoms with E-state index in [9.17, 15) is 9.59 Å². The van der Waals surface area contributed by atoms with E-state index in [4.69, 9.17) is 9.84 Å². The smallest absolute Gasteiger partial charge is 0.372 e. The Balaban J connectivity index is 2.10. The highest BCUT2D eigenvalue weighted by Gasteiger charge is 2.09. The molecule has 0 aliphatic carbocycles. The number of hydrogen-bond donors (Lipinski definition) is 1. The molecule has 0 saturated heterocycles. The molecular weight excluding hydrogens is 244 g/mol. The maximum atomic E-state index is 10.8. The summed E-state index contributed by atoms with van der Waals surface area (Å²) in [6.07, 6.45) is 4.77. The molecule has 0 radical (unpaired) electrons. The molecule has 0 aliphatic heterocycles. The lowest BCUT2D eigenvalue weighted by molar-refractivity contribution is -0.149. The summed E-state index contributed by atoms with van der Waals surface area (Å²) >= 11 is 0. The second-order valence-corrected chi connectivity index (χ2v) is 4.49. The number of carbonyl (C=O) groups is 2. The van der Waals surface area contributed by atoms with E-state index in [0.29, 0.717) is 6.42 Å². The van der Waals surface area contributed by atoms with Gasteiger partial charge in [-0.05, 0) is 37.0 Å². The van der Waals surface area contributed by atoms with Gasteiger partial charge < -0.3 is 9.84 Å². The van der Waals surface area contributed by atoms with Crippen LogP contribution in [0.15, 0.2) is 24.3 Å². The van der Waals surface area contributed by atoms with Crippen molar-refractivity contribution in [1.29, 1.82) is 0 Å². The lowest BCUT2D eigenvalue weighted by Gasteiger charge is -2.03. The average molecular weight is 264 g/mol. The van der Waals surface area contributed by atoms with Crippen molar-refractivity contribution in [3.63, 3.8) is 0 Å². The van der Waals surface area contributed by atoms with Gasteiger partial charge >= 0.3 is 5.97 Å². The highest BCUT2D eigenvalue weighted by atomic mass is 16.5. The van der Waals surface area contributed by atoms with E-state index in [2.05, 4.69) is 0 Å². The first-order chi connectivity index (χ1) is 9.13. The van der Waals surface area contributed by atoms with Crippen LogP contribution in [-0.2, 0) is 16.0 Å². The van der Waals surface area contributed by atoms with Crippen molar-refractivity contribution in [2.24, 2.45) is 0 Å². The van der Waals surface area contributed by atoms with Crippen LogP contribution in [0.3, 0.4) is 0 Å². The first-order valence-electron chi connectivity index (χ1n) is 6.52. The second-order valence-electron chi connectivity index (χ2n) is 4.49. The quantitative estimate of drug-likeness (QED) is 0.550. The van der Waals surface area contributed by atoms with E-state index in [1.165, 1.54) is 5.56 Å². The summed E-state index contributed by atoms with van der Waals surface area (Å²) in [5, 5.41) is 8.42. The summed E-state index contributed by atoms with van der Waals surface area (Å²) in [5.74, 6) is -1.15. The summed E-state index contributed by atoms with van der Waals surface area (Å²) < 4.78 is 5.09. The van der Waals surface area contributed by atoms with Crippen LogP contribution < -0.4 is 4.74 Å². The van der Waals surface area contributed by atoms with Gasteiger partial charge in [-0.2, -0.15) is 0 Å². The van der Waals surface area contributed by atoms with Gasteiger partial charge in [-0.15, -0.1) is 0 Å². The van der Waals surface area contributed by atoms with Crippen LogP contribution in [0.4, 0.5) is 0 Å². The van der Waals surface area contributed by atoms with Crippen LogP contribution in [0, 0.1) is 0 Å². The van der Waals surface area contributed by atoms with Gasteiger partial charge in [0.2, 0.25) is 5.78 Å². The number of carbonyl (C=O) groups excluding carboxylic acids is 1. The van der Waals surface area contributed by atoms with Gasteiger partial charge in [-0.3, -0.25) is 4.79 Å². The highest BCUT2D eigenvalue weighted by Crippen LogP contribution is 2.14. The maximum Gasteiger partial charge on any atom is 0.372 e. The minimum atomic E-state index is -1.32. The Hall–Kier alpha value is -1.84. The number of carboxylic acid groups (broad SMARTS) is 1. The fourth-order valence-corrected chi connectivity index (χ4v) is 1.87. The fourth-order valence-electron chi connectivity index (χ4n) is 1.87. The molecule has 4 heteroatoms. The van der Waals surface area contributed by atoms with Crippen molar-refractivity contribution in [3.8, 4) is 5.75 Å². The SMILES string of the molecule is COc1ccc(CCCCCCC(=O)C(=O)O)cc1. The van der Waals surface area contributed by atoms with Gasteiger partial charge in [0.15, 0.2) is 0 Å². The molecule has 0 saturated carbocycles. The molecule has 0 amide bonds. The molecule has 1 rings (SSSR count). The lowest BCUT2D eigenvalue weighted by Crippen LogP contribution is -2.11. The molecule has 4 nitrogen and oxygen atoms in total. The summed E-state index contributed by atoms with van der Waals surface area (Å²) in [7, 11) is 1.65. The number of ketones is 1. The zero-order valence-electron chi connectivity index (χ0n) is 11.2. The van der Waals surface area contributed by atoms with Gasteiger partial charge in [0, 0.05) is 6.42 Å². The molecule has 1 N–H and O–H groups in total. The Morgan fingerprint density at radius 1 is 1.05 bits per heavy atom. The normalized spacial score (nSPS) is 10.2. The monoisotopic (exact) mass is 264 g/mol. The first kappa shape index (κ1) is 15.2. The third-order valence-electron chi connectivity index (χ3n) is 3.02. The van der Waals surface area contributed by atoms with E-state index in [-0.39, 0.29) is 6.42 Å². The topological polar surface area (TPSA) is 63.6 Å². The lowest BCUT2D eigenvalue weighted by atomic mass is 10.0. The first-order valence-corrected chi connectivity index (χ1v) is 6.52. The van der Waals surface area contributed by atoms with Gasteiger partial charge in [0.05, 0.1) is 7.11 Å². The third-order valence-corrected chi connectivity index (χ3v) is 3.02. The summed E-state index contributed by atoms with van der Waals surface area (Å²) in [6, 6.07) is 7.99. The summed E-state index contributed by atoms with van der Waals surface area (Å²) in [4.78, 5) is 21.1. The predicted molar refractivity (Wildman–Crippen MR) is 72.4 cm³/mol. The van der Waals surface area contributed by atoms with Crippen LogP contribution in [0.2, 0.25) is 0 Å². The molecule has 1 aromatic rings. The third kappa shape index (κ3) is 6.04. The van der Waals surface area contributed by atoms with Crippen LogP contribution >= 0.6 is 0 Å². The van der Waals surface area contributed by atoms with Crippen molar-refractivity contribution in [3.05, 3.63) is 29.8 Å². The fraction of sp³-hybridized carbons (Fsp3) is 0.467. The van der Waals surface area contributed by atoms with Crippen molar-refractivity contribution >= 4 is 11.8 Å². The van der Waals surface area contributed by atoms with Gasteiger partial charge in [-0.1, -0.05) is 25.0 Å². The molecule has 0 bridgehead atoms.